The number of fused-ring (bicyclic) bond motifs is 6. The van der Waals surface area contributed by atoms with Crippen molar-refractivity contribution in [3.8, 4) is 5.69 Å². The van der Waals surface area contributed by atoms with Crippen LogP contribution in [0.1, 0.15) is 0 Å². The monoisotopic (exact) mass is 368 g/mol. The van der Waals surface area contributed by atoms with Crippen molar-refractivity contribution in [2.45, 2.75) is 0 Å². The highest BCUT2D eigenvalue weighted by Gasteiger charge is 2.16. The van der Waals surface area contributed by atoms with Crippen LogP contribution in [0.25, 0.3) is 47.8 Å². The van der Waals surface area contributed by atoms with Crippen LogP contribution < -0.4 is 0 Å². The highest BCUT2D eigenvalue weighted by molar-refractivity contribution is 7.25. The maximum Gasteiger partial charge on any atom is 0.143 e. The lowest BCUT2D eigenvalue weighted by atomic mass is 10.1. The van der Waals surface area contributed by atoms with Crippen molar-refractivity contribution in [2.75, 3.05) is 0 Å². The van der Waals surface area contributed by atoms with Gasteiger partial charge in [0.2, 0.25) is 0 Å². The van der Waals surface area contributed by atoms with E-state index in [0.29, 0.717) is 0 Å². The van der Waals surface area contributed by atoms with E-state index in [1.165, 1.54) is 26.4 Å². The minimum absolute atomic E-state index is 0.324. The van der Waals surface area contributed by atoms with E-state index in [0.717, 1.165) is 27.6 Å². The molecule has 128 valence electrons. The van der Waals surface area contributed by atoms with E-state index in [9.17, 15) is 4.39 Å². The molecular weight excluding hydrogens is 355 g/mol. The first-order valence-electron chi connectivity index (χ1n) is 8.76. The van der Waals surface area contributed by atoms with Crippen LogP contribution in [0.4, 0.5) is 4.39 Å². The maximum atomic E-state index is 14.0. The number of aromatic nitrogens is 2. The van der Waals surface area contributed by atoms with Crippen LogP contribution in [-0.4, -0.2) is 9.55 Å². The third-order valence-corrected chi connectivity index (χ3v) is 6.21. The normalized spacial score (nSPS) is 11.9. The van der Waals surface area contributed by atoms with Crippen LogP contribution >= 0.6 is 11.3 Å². The van der Waals surface area contributed by atoms with Crippen LogP contribution in [0.5, 0.6) is 0 Å². The zero-order chi connectivity index (χ0) is 18.0. The number of rotatable bonds is 1. The van der Waals surface area contributed by atoms with Gasteiger partial charge in [0.05, 0.1) is 22.7 Å². The standard InChI is InChI=1S/C23H13FN2S/c24-14-10-20-23(25-13-14)18-11-17-16-8-4-5-9-21(16)27-22(17)12-19(18)26(20)15-6-2-1-3-7-15/h1-13H. The minimum atomic E-state index is -0.324. The Balaban J connectivity index is 1.85. The van der Waals surface area contributed by atoms with Gasteiger partial charge in [-0.05, 0) is 30.3 Å². The molecule has 0 aliphatic heterocycles. The zero-order valence-electron chi connectivity index (χ0n) is 14.2. The van der Waals surface area contributed by atoms with Crippen molar-refractivity contribution >= 4 is 53.4 Å². The minimum Gasteiger partial charge on any atom is -0.307 e. The Bertz CT molecular complexity index is 1480. The highest BCUT2D eigenvalue weighted by Crippen LogP contribution is 2.39. The molecule has 0 saturated carbocycles. The van der Waals surface area contributed by atoms with E-state index in [4.69, 9.17) is 0 Å². The number of para-hydroxylation sites is 1. The van der Waals surface area contributed by atoms with E-state index in [-0.39, 0.29) is 5.82 Å². The number of nitrogens with zero attached hydrogens (tertiary/aromatic N) is 2. The second kappa shape index (κ2) is 5.38. The predicted molar refractivity (Wildman–Crippen MR) is 111 cm³/mol. The summed E-state index contributed by atoms with van der Waals surface area (Å²) in [5, 5.41) is 3.52. The Labute approximate surface area is 158 Å². The van der Waals surface area contributed by atoms with Gasteiger partial charge >= 0.3 is 0 Å². The third kappa shape index (κ3) is 2.07. The number of benzene rings is 3. The summed E-state index contributed by atoms with van der Waals surface area (Å²) in [6.45, 7) is 0. The molecule has 6 rings (SSSR count). The first kappa shape index (κ1) is 14.9. The highest BCUT2D eigenvalue weighted by atomic mass is 32.1. The number of thiophene rings is 1. The number of hydrogen-bond acceptors (Lipinski definition) is 2. The van der Waals surface area contributed by atoms with Crippen molar-refractivity contribution in [3.63, 3.8) is 0 Å². The summed E-state index contributed by atoms with van der Waals surface area (Å²) in [5.41, 5.74) is 3.67. The van der Waals surface area contributed by atoms with Gasteiger partial charge in [-0.25, -0.2) is 4.39 Å². The van der Waals surface area contributed by atoms with E-state index < -0.39 is 0 Å². The predicted octanol–water partition coefficient (Wildman–Crippen LogP) is 6.69. The van der Waals surface area contributed by atoms with Gasteiger partial charge in [-0.2, -0.15) is 0 Å². The van der Waals surface area contributed by atoms with Gasteiger partial charge < -0.3 is 4.57 Å². The molecule has 3 heterocycles. The molecule has 0 unspecified atom stereocenters. The van der Waals surface area contributed by atoms with Gasteiger partial charge in [0.1, 0.15) is 5.82 Å². The maximum absolute atomic E-state index is 14.0. The number of pyridine rings is 1. The first-order chi connectivity index (χ1) is 13.3. The SMILES string of the molecule is Fc1cnc2c3cc4c(cc3n(-c3ccccc3)c2c1)sc1ccccc14. The van der Waals surface area contributed by atoms with Gasteiger partial charge in [-0.15, -0.1) is 11.3 Å². The third-order valence-electron chi connectivity index (χ3n) is 5.08. The lowest BCUT2D eigenvalue weighted by molar-refractivity contribution is 0.624. The summed E-state index contributed by atoms with van der Waals surface area (Å²) in [6.07, 6.45) is 1.30. The van der Waals surface area contributed by atoms with Gasteiger partial charge in [0, 0.05) is 37.3 Å². The Morgan fingerprint density at radius 1 is 0.741 bits per heavy atom. The van der Waals surface area contributed by atoms with Crippen LogP contribution in [0.2, 0.25) is 0 Å². The van der Waals surface area contributed by atoms with E-state index >= 15 is 0 Å². The molecule has 0 fully saturated rings. The van der Waals surface area contributed by atoms with Crippen LogP contribution in [0, 0.1) is 5.82 Å². The van der Waals surface area contributed by atoms with E-state index in [2.05, 4.69) is 45.9 Å². The van der Waals surface area contributed by atoms with E-state index in [1.54, 1.807) is 17.4 Å². The van der Waals surface area contributed by atoms with E-state index in [1.807, 2.05) is 30.3 Å². The molecule has 27 heavy (non-hydrogen) atoms. The quantitative estimate of drug-likeness (QED) is 0.316. The summed E-state index contributed by atoms with van der Waals surface area (Å²) in [6, 6.07) is 24.5. The van der Waals surface area contributed by atoms with Crippen LogP contribution in [0.15, 0.2) is 79.0 Å². The molecular formula is C23H13FN2S. The lowest BCUT2D eigenvalue weighted by Crippen LogP contribution is -1.93. The van der Waals surface area contributed by atoms with Crippen molar-refractivity contribution in [2.24, 2.45) is 0 Å². The first-order valence-corrected chi connectivity index (χ1v) is 9.58. The number of halogens is 1. The topological polar surface area (TPSA) is 17.8 Å². The van der Waals surface area contributed by atoms with Gasteiger partial charge in [0.25, 0.3) is 0 Å². The lowest BCUT2D eigenvalue weighted by Gasteiger charge is -2.07. The molecule has 3 aromatic heterocycles. The molecule has 0 amide bonds. The molecule has 6 aromatic rings. The Hall–Kier alpha value is -3.24. The Morgan fingerprint density at radius 3 is 2.44 bits per heavy atom. The fraction of sp³-hybridized carbons (Fsp3) is 0. The molecule has 0 radical (unpaired) electrons. The smallest absolute Gasteiger partial charge is 0.143 e. The molecule has 3 aromatic carbocycles. The molecule has 0 atom stereocenters. The molecule has 0 N–H and O–H groups in total. The number of hydrogen-bond donors (Lipinski definition) is 0. The molecule has 0 aliphatic carbocycles. The van der Waals surface area contributed by atoms with Crippen molar-refractivity contribution < 1.29 is 4.39 Å². The average molecular weight is 368 g/mol. The van der Waals surface area contributed by atoms with Crippen molar-refractivity contribution in [1.29, 1.82) is 0 Å². The van der Waals surface area contributed by atoms with Crippen molar-refractivity contribution in [1.82, 2.24) is 9.55 Å². The van der Waals surface area contributed by atoms with Crippen molar-refractivity contribution in [3.05, 3.63) is 84.8 Å². The summed E-state index contributed by atoms with van der Waals surface area (Å²) >= 11 is 1.79. The molecule has 4 heteroatoms. The fourth-order valence-corrected chi connectivity index (χ4v) is 5.05. The van der Waals surface area contributed by atoms with Crippen LogP contribution in [0.3, 0.4) is 0 Å². The summed E-state index contributed by atoms with van der Waals surface area (Å²) < 4.78 is 18.6. The van der Waals surface area contributed by atoms with Crippen LogP contribution in [-0.2, 0) is 0 Å². The molecule has 0 aliphatic rings. The van der Waals surface area contributed by atoms with Gasteiger partial charge in [0.15, 0.2) is 0 Å². The summed E-state index contributed by atoms with van der Waals surface area (Å²) in [4.78, 5) is 4.43. The molecule has 0 bridgehead atoms. The second-order valence-electron chi connectivity index (χ2n) is 6.66. The second-order valence-corrected chi connectivity index (χ2v) is 7.74. The fourth-order valence-electron chi connectivity index (χ4n) is 3.93. The molecule has 0 spiro atoms. The summed E-state index contributed by atoms with van der Waals surface area (Å²) in [5.74, 6) is -0.324. The summed E-state index contributed by atoms with van der Waals surface area (Å²) in [7, 11) is 0. The Morgan fingerprint density at radius 2 is 1.56 bits per heavy atom. The Kier molecular flexibility index (Phi) is 2.96. The largest absolute Gasteiger partial charge is 0.307 e. The van der Waals surface area contributed by atoms with Gasteiger partial charge in [-0.1, -0.05) is 36.4 Å². The average Bonchev–Trinajstić information content (AvgIpc) is 3.21. The molecule has 0 saturated heterocycles. The van der Waals surface area contributed by atoms with Gasteiger partial charge in [-0.3, -0.25) is 4.98 Å². The molecule has 2 nitrogen and oxygen atoms in total. The zero-order valence-corrected chi connectivity index (χ0v) is 15.0.